The summed E-state index contributed by atoms with van der Waals surface area (Å²) in [4.78, 5) is 24.0. The second-order valence-corrected chi connectivity index (χ2v) is 8.22. The SMILES string of the molecule is C[C@@]12CC[C@H]3C[C@H]4CC(=O)CC[C@@H]4C[C@@H]3[C@H]1CCC2=O. The molecule has 0 heterocycles. The molecule has 0 bridgehead atoms. The summed E-state index contributed by atoms with van der Waals surface area (Å²) in [7, 11) is 0. The zero-order valence-corrected chi connectivity index (χ0v) is 12.6. The summed E-state index contributed by atoms with van der Waals surface area (Å²) >= 11 is 0. The zero-order valence-electron chi connectivity index (χ0n) is 12.6. The molecule has 0 aliphatic heterocycles. The molecule has 0 aromatic rings. The molecule has 0 spiro atoms. The van der Waals surface area contributed by atoms with Crippen molar-refractivity contribution in [1.29, 1.82) is 0 Å². The van der Waals surface area contributed by atoms with Crippen LogP contribution in [0.2, 0.25) is 0 Å². The number of rotatable bonds is 0. The van der Waals surface area contributed by atoms with Gasteiger partial charge in [0, 0.05) is 24.7 Å². The van der Waals surface area contributed by atoms with E-state index < -0.39 is 0 Å². The Labute approximate surface area is 121 Å². The molecule has 2 nitrogen and oxygen atoms in total. The zero-order chi connectivity index (χ0) is 13.9. The van der Waals surface area contributed by atoms with E-state index in [1.165, 1.54) is 19.3 Å². The Balaban J connectivity index is 1.57. The second kappa shape index (κ2) is 4.42. The van der Waals surface area contributed by atoms with Gasteiger partial charge in [-0.1, -0.05) is 6.92 Å². The highest BCUT2D eigenvalue weighted by molar-refractivity contribution is 5.87. The highest BCUT2D eigenvalue weighted by Crippen LogP contribution is 2.60. The molecule has 0 saturated heterocycles. The van der Waals surface area contributed by atoms with Gasteiger partial charge in [-0.25, -0.2) is 0 Å². The first kappa shape index (κ1) is 13.0. The van der Waals surface area contributed by atoms with Crippen LogP contribution in [0, 0.1) is 35.0 Å². The molecule has 0 N–H and O–H groups in total. The maximum atomic E-state index is 12.3. The fourth-order valence-electron chi connectivity index (χ4n) is 6.25. The summed E-state index contributed by atoms with van der Waals surface area (Å²) in [5, 5.41) is 0. The van der Waals surface area contributed by atoms with Gasteiger partial charge in [-0.3, -0.25) is 9.59 Å². The van der Waals surface area contributed by atoms with Crippen LogP contribution in [0.4, 0.5) is 0 Å². The molecule has 4 aliphatic rings. The van der Waals surface area contributed by atoms with Crippen LogP contribution in [0.15, 0.2) is 0 Å². The van der Waals surface area contributed by atoms with E-state index >= 15 is 0 Å². The van der Waals surface area contributed by atoms with Crippen molar-refractivity contribution in [2.45, 2.75) is 64.7 Å². The molecule has 4 aliphatic carbocycles. The predicted molar refractivity (Wildman–Crippen MR) is 77.1 cm³/mol. The second-order valence-electron chi connectivity index (χ2n) is 8.22. The first-order valence-corrected chi connectivity index (χ1v) is 8.63. The quantitative estimate of drug-likeness (QED) is 0.673. The van der Waals surface area contributed by atoms with Gasteiger partial charge in [-0.05, 0) is 68.1 Å². The van der Waals surface area contributed by atoms with Crippen LogP contribution in [0.5, 0.6) is 0 Å². The van der Waals surface area contributed by atoms with Crippen molar-refractivity contribution in [3.05, 3.63) is 0 Å². The minimum Gasteiger partial charge on any atom is -0.300 e. The number of hydrogen-bond acceptors (Lipinski definition) is 2. The number of carbonyl (C=O) groups is 2. The third kappa shape index (κ3) is 1.76. The lowest BCUT2D eigenvalue weighted by Crippen LogP contribution is -2.47. The molecule has 6 atom stereocenters. The fraction of sp³-hybridized carbons (Fsp3) is 0.889. The Bertz CT molecular complexity index is 454. The molecule has 2 heteroatoms. The van der Waals surface area contributed by atoms with Crippen molar-refractivity contribution in [3.8, 4) is 0 Å². The Morgan fingerprint density at radius 2 is 1.80 bits per heavy atom. The van der Waals surface area contributed by atoms with Crippen molar-refractivity contribution < 1.29 is 9.59 Å². The summed E-state index contributed by atoms with van der Waals surface area (Å²) < 4.78 is 0. The summed E-state index contributed by atoms with van der Waals surface area (Å²) in [6.45, 7) is 2.25. The lowest BCUT2D eigenvalue weighted by atomic mass is 9.52. The van der Waals surface area contributed by atoms with Crippen molar-refractivity contribution in [1.82, 2.24) is 0 Å². The third-order valence-electron chi connectivity index (χ3n) is 7.43. The van der Waals surface area contributed by atoms with Gasteiger partial charge < -0.3 is 0 Å². The number of ketones is 2. The molecular formula is C18H26O2. The summed E-state index contributed by atoms with van der Waals surface area (Å²) in [5.74, 6) is 4.77. The van der Waals surface area contributed by atoms with Crippen molar-refractivity contribution in [2.24, 2.45) is 35.0 Å². The van der Waals surface area contributed by atoms with E-state index in [9.17, 15) is 9.59 Å². The molecule has 4 rings (SSSR count). The third-order valence-corrected chi connectivity index (χ3v) is 7.43. The lowest BCUT2D eigenvalue weighted by Gasteiger charge is -2.52. The van der Waals surface area contributed by atoms with E-state index in [1.54, 1.807) is 0 Å². The van der Waals surface area contributed by atoms with E-state index in [0.29, 0.717) is 23.4 Å². The first-order valence-electron chi connectivity index (χ1n) is 8.63. The van der Waals surface area contributed by atoms with Crippen LogP contribution in [0.25, 0.3) is 0 Å². The van der Waals surface area contributed by atoms with Crippen LogP contribution in [-0.4, -0.2) is 11.6 Å². The number of Topliss-reactive ketones (excluding diaryl/α,β-unsaturated/α-hetero) is 2. The van der Waals surface area contributed by atoms with Gasteiger partial charge in [0.1, 0.15) is 11.6 Å². The Morgan fingerprint density at radius 1 is 0.950 bits per heavy atom. The van der Waals surface area contributed by atoms with Gasteiger partial charge in [0.25, 0.3) is 0 Å². The average Bonchev–Trinajstić information content (AvgIpc) is 2.73. The smallest absolute Gasteiger partial charge is 0.139 e. The monoisotopic (exact) mass is 274 g/mol. The van der Waals surface area contributed by atoms with Crippen molar-refractivity contribution >= 4 is 11.6 Å². The summed E-state index contributed by atoms with van der Waals surface area (Å²) in [6.07, 6.45) is 9.73. The molecular weight excluding hydrogens is 248 g/mol. The molecule has 0 unspecified atom stereocenters. The highest BCUT2D eigenvalue weighted by atomic mass is 16.1. The van der Waals surface area contributed by atoms with Crippen molar-refractivity contribution in [3.63, 3.8) is 0 Å². The molecule has 0 radical (unpaired) electrons. The molecule has 4 saturated carbocycles. The maximum Gasteiger partial charge on any atom is 0.139 e. The Hall–Kier alpha value is -0.660. The molecule has 110 valence electrons. The molecule has 0 aromatic heterocycles. The number of fused-ring (bicyclic) bond motifs is 4. The Kier molecular flexibility index (Phi) is 2.88. The van der Waals surface area contributed by atoms with Gasteiger partial charge in [-0.2, -0.15) is 0 Å². The van der Waals surface area contributed by atoms with Gasteiger partial charge in [-0.15, -0.1) is 0 Å². The first-order chi connectivity index (χ1) is 9.58. The largest absolute Gasteiger partial charge is 0.300 e. The Morgan fingerprint density at radius 3 is 2.65 bits per heavy atom. The van der Waals surface area contributed by atoms with Crippen LogP contribution in [0.3, 0.4) is 0 Å². The van der Waals surface area contributed by atoms with Gasteiger partial charge in [0.2, 0.25) is 0 Å². The number of hydrogen-bond donors (Lipinski definition) is 0. The molecule has 4 fully saturated rings. The predicted octanol–water partition coefficient (Wildman–Crippen LogP) is 3.78. The molecule has 0 amide bonds. The van der Waals surface area contributed by atoms with E-state index in [-0.39, 0.29) is 5.41 Å². The van der Waals surface area contributed by atoms with E-state index in [1.807, 2.05) is 0 Å². The van der Waals surface area contributed by atoms with Gasteiger partial charge in [0.05, 0.1) is 0 Å². The lowest BCUT2D eigenvalue weighted by molar-refractivity contribution is -0.132. The number of carbonyl (C=O) groups excluding carboxylic acids is 2. The maximum absolute atomic E-state index is 12.3. The molecule has 20 heavy (non-hydrogen) atoms. The minimum atomic E-state index is 0.0124. The van der Waals surface area contributed by atoms with E-state index in [0.717, 1.165) is 56.3 Å². The topological polar surface area (TPSA) is 34.1 Å². The highest BCUT2D eigenvalue weighted by Gasteiger charge is 2.55. The molecule has 0 aromatic carbocycles. The van der Waals surface area contributed by atoms with Crippen LogP contribution in [-0.2, 0) is 9.59 Å². The van der Waals surface area contributed by atoms with Crippen LogP contribution in [0.1, 0.15) is 64.7 Å². The fourth-order valence-corrected chi connectivity index (χ4v) is 6.25. The average molecular weight is 274 g/mol. The summed E-state index contributed by atoms with van der Waals surface area (Å²) in [5.41, 5.74) is 0.0124. The van der Waals surface area contributed by atoms with Crippen LogP contribution < -0.4 is 0 Å². The summed E-state index contributed by atoms with van der Waals surface area (Å²) in [6, 6.07) is 0. The standard InChI is InChI=1S/C18H26O2/c1-18-7-6-12-8-13-9-14(19)3-2-11(13)10-15(12)16(18)4-5-17(18)20/h11-13,15-16H,2-10H2,1H3/t11-,12+,13+,15+,16-,18-/m1/s1. The van der Waals surface area contributed by atoms with E-state index in [4.69, 9.17) is 0 Å². The van der Waals surface area contributed by atoms with Crippen LogP contribution >= 0.6 is 0 Å². The normalized spacial score (nSPS) is 51.4. The van der Waals surface area contributed by atoms with Gasteiger partial charge >= 0.3 is 0 Å². The van der Waals surface area contributed by atoms with Gasteiger partial charge in [0.15, 0.2) is 0 Å². The minimum absolute atomic E-state index is 0.0124. The van der Waals surface area contributed by atoms with E-state index in [2.05, 4.69) is 6.92 Å². The van der Waals surface area contributed by atoms with Crippen molar-refractivity contribution in [2.75, 3.05) is 0 Å².